The van der Waals surface area contributed by atoms with Crippen molar-refractivity contribution in [2.45, 2.75) is 18.9 Å². The van der Waals surface area contributed by atoms with E-state index in [2.05, 4.69) is 65.7 Å². The lowest BCUT2D eigenvalue weighted by Crippen LogP contribution is -2.14. The molecule has 1 fully saturated rings. The van der Waals surface area contributed by atoms with E-state index < -0.39 is 0 Å². The van der Waals surface area contributed by atoms with Gasteiger partial charge in [0, 0.05) is 36.0 Å². The topological polar surface area (TPSA) is 45.2 Å². The second kappa shape index (κ2) is 7.95. The SMILES string of the molecule is CN(C)Cc1ccc(-c2ccc(NC(=O)C3CC3c3ccccn3)cc2)cc1. The molecule has 0 bridgehead atoms. The van der Waals surface area contributed by atoms with Crippen LogP contribution in [-0.2, 0) is 11.3 Å². The van der Waals surface area contributed by atoms with Gasteiger partial charge in [0.15, 0.2) is 0 Å². The van der Waals surface area contributed by atoms with Gasteiger partial charge in [-0.2, -0.15) is 0 Å². The third-order valence-electron chi connectivity index (χ3n) is 5.13. The van der Waals surface area contributed by atoms with Crippen molar-refractivity contribution in [3.8, 4) is 11.1 Å². The minimum Gasteiger partial charge on any atom is -0.326 e. The van der Waals surface area contributed by atoms with Crippen molar-refractivity contribution in [1.82, 2.24) is 9.88 Å². The molecule has 3 aromatic rings. The number of carbonyl (C=O) groups is 1. The highest BCUT2D eigenvalue weighted by atomic mass is 16.2. The van der Waals surface area contributed by atoms with Crippen LogP contribution < -0.4 is 5.32 Å². The number of rotatable bonds is 6. The molecule has 4 heteroatoms. The van der Waals surface area contributed by atoms with Gasteiger partial charge in [0.05, 0.1) is 0 Å². The molecule has 1 aliphatic rings. The summed E-state index contributed by atoms with van der Waals surface area (Å²) in [6.07, 6.45) is 2.66. The Kier molecular flexibility index (Phi) is 5.22. The third kappa shape index (κ3) is 4.29. The summed E-state index contributed by atoms with van der Waals surface area (Å²) in [5.74, 6) is 0.358. The predicted molar refractivity (Wildman–Crippen MR) is 113 cm³/mol. The Morgan fingerprint density at radius 2 is 1.68 bits per heavy atom. The van der Waals surface area contributed by atoms with Crippen LogP contribution in [-0.4, -0.2) is 29.9 Å². The molecule has 4 nitrogen and oxygen atoms in total. The van der Waals surface area contributed by atoms with Crippen LogP contribution in [0, 0.1) is 5.92 Å². The molecule has 1 amide bonds. The number of pyridine rings is 1. The van der Waals surface area contributed by atoms with Gasteiger partial charge in [-0.25, -0.2) is 0 Å². The van der Waals surface area contributed by atoms with Crippen LogP contribution in [0.15, 0.2) is 72.9 Å². The number of benzene rings is 2. The maximum Gasteiger partial charge on any atom is 0.228 e. The van der Waals surface area contributed by atoms with Gasteiger partial charge in [0.1, 0.15) is 0 Å². The summed E-state index contributed by atoms with van der Waals surface area (Å²) in [4.78, 5) is 19.0. The number of aromatic nitrogens is 1. The Morgan fingerprint density at radius 3 is 2.29 bits per heavy atom. The smallest absolute Gasteiger partial charge is 0.228 e. The van der Waals surface area contributed by atoms with Crippen LogP contribution in [0.5, 0.6) is 0 Å². The van der Waals surface area contributed by atoms with Gasteiger partial charge in [0.25, 0.3) is 0 Å². The molecule has 2 atom stereocenters. The largest absolute Gasteiger partial charge is 0.326 e. The summed E-state index contributed by atoms with van der Waals surface area (Å²) < 4.78 is 0. The van der Waals surface area contributed by atoms with Crippen LogP contribution in [0.3, 0.4) is 0 Å². The molecule has 1 aliphatic carbocycles. The van der Waals surface area contributed by atoms with Crippen molar-refractivity contribution in [3.63, 3.8) is 0 Å². The van der Waals surface area contributed by atoms with E-state index >= 15 is 0 Å². The van der Waals surface area contributed by atoms with Gasteiger partial charge in [0.2, 0.25) is 5.91 Å². The minimum absolute atomic E-state index is 0.0267. The highest BCUT2D eigenvalue weighted by Crippen LogP contribution is 2.47. The van der Waals surface area contributed by atoms with E-state index in [0.717, 1.165) is 29.9 Å². The maximum atomic E-state index is 12.5. The van der Waals surface area contributed by atoms with E-state index in [4.69, 9.17) is 0 Å². The van der Waals surface area contributed by atoms with E-state index in [1.807, 2.05) is 30.3 Å². The van der Waals surface area contributed by atoms with E-state index in [-0.39, 0.29) is 17.7 Å². The normalized spacial score (nSPS) is 18.1. The molecule has 4 rings (SSSR count). The Balaban J connectivity index is 1.37. The lowest BCUT2D eigenvalue weighted by molar-refractivity contribution is -0.117. The van der Waals surface area contributed by atoms with Crippen molar-refractivity contribution in [1.29, 1.82) is 0 Å². The van der Waals surface area contributed by atoms with Gasteiger partial charge in [-0.05, 0) is 61.5 Å². The van der Waals surface area contributed by atoms with Crippen molar-refractivity contribution in [2.24, 2.45) is 5.92 Å². The maximum absolute atomic E-state index is 12.5. The second-order valence-corrected chi connectivity index (χ2v) is 7.70. The Hall–Kier alpha value is -2.98. The van der Waals surface area contributed by atoms with Crippen LogP contribution in [0.2, 0.25) is 0 Å². The standard InChI is InChI=1S/C24H25N3O/c1-27(2)16-17-6-8-18(9-7-17)19-10-12-20(13-11-19)26-24(28)22-15-21(22)23-5-3-4-14-25-23/h3-14,21-22H,15-16H2,1-2H3,(H,26,28). The fourth-order valence-electron chi connectivity index (χ4n) is 3.56. The van der Waals surface area contributed by atoms with E-state index in [1.54, 1.807) is 6.20 Å². The Labute approximate surface area is 166 Å². The molecule has 0 saturated heterocycles. The number of nitrogens with one attached hydrogen (secondary N) is 1. The van der Waals surface area contributed by atoms with Gasteiger partial charge < -0.3 is 10.2 Å². The van der Waals surface area contributed by atoms with Crippen molar-refractivity contribution >= 4 is 11.6 Å². The first-order valence-corrected chi connectivity index (χ1v) is 9.66. The molecule has 0 radical (unpaired) electrons. The highest BCUT2D eigenvalue weighted by molar-refractivity contribution is 5.95. The number of nitrogens with zero attached hydrogens (tertiary/aromatic N) is 2. The molecule has 1 N–H and O–H groups in total. The fourth-order valence-corrected chi connectivity index (χ4v) is 3.56. The molecule has 2 aromatic carbocycles. The zero-order valence-corrected chi connectivity index (χ0v) is 16.3. The minimum atomic E-state index is 0.0267. The van der Waals surface area contributed by atoms with Gasteiger partial charge in [-0.1, -0.05) is 42.5 Å². The summed E-state index contributed by atoms with van der Waals surface area (Å²) in [6, 6.07) is 22.5. The molecule has 1 aromatic heterocycles. The third-order valence-corrected chi connectivity index (χ3v) is 5.13. The van der Waals surface area contributed by atoms with E-state index in [9.17, 15) is 4.79 Å². The molecule has 142 valence electrons. The van der Waals surface area contributed by atoms with Crippen molar-refractivity contribution in [3.05, 3.63) is 84.2 Å². The summed E-state index contributed by atoms with van der Waals surface area (Å²) in [5, 5.41) is 3.04. The predicted octanol–water partition coefficient (Wildman–Crippen LogP) is 4.55. The molecular weight excluding hydrogens is 346 g/mol. The van der Waals surface area contributed by atoms with Crippen molar-refractivity contribution in [2.75, 3.05) is 19.4 Å². The molecule has 0 aliphatic heterocycles. The van der Waals surface area contributed by atoms with Gasteiger partial charge in [-0.3, -0.25) is 9.78 Å². The average molecular weight is 371 g/mol. The second-order valence-electron chi connectivity index (χ2n) is 7.70. The van der Waals surface area contributed by atoms with Gasteiger partial charge >= 0.3 is 0 Å². The average Bonchev–Trinajstić information content (AvgIpc) is 3.51. The quantitative estimate of drug-likeness (QED) is 0.691. The molecular formula is C24H25N3O. The summed E-state index contributed by atoms with van der Waals surface area (Å²) in [5.41, 5.74) is 5.47. The summed E-state index contributed by atoms with van der Waals surface area (Å²) in [7, 11) is 4.14. The lowest BCUT2D eigenvalue weighted by Gasteiger charge is -2.10. The number of hydrogen-bond donors (Lipinski definition) is 1. The Morgan fingerprint density at radius 1 is 1.00 bits per heavy atom. The zero-order chi connectivity index (χ0) is 19.5. The van der Waals surface area contributed by atoms with Crippen molar-refractivity contribution < 1.29 is 4.79 Å². The number of anilines is 1. The Bertz CT molecular complexity index is 934. The zero-order valence-electron chi connectivity index (χ0n) is 16.3. The summed E-state index contributed by atoms with van der Waals surface area (Å²) >= 11 is 0. The summed E-state index contributed by atoms with van der Waals surface area (Å²) in [6.45, 7) is 0.936. The number of carbonyl (C=O) groups excluding carboxylic acids is 1. The monoisotopic (exact) mass is 371 g/mol. The first-order chi connectivity index (χ1) is 13.6. The van der Waals surface area contributed by atoms with Crippen LogP contribution >= 0.6 is 0 Å². The van der Waals surface area contributed by atoms with E-state index in [0.29, 0.717) is 0 Å². The fraction of sp³-hybridized carbons (Fsp3) is 0.250. The number of hydrogen-bond acceptors (Lipinski definition) is 3. The van der Waals surface area contributed by atoms with Crippen LogP contribution in [0.4, 0.5) is 5.69 Å². The molecule has 1 saturated carbocycles. The van der Waals surface area contributed by atoms with Gasteiger partial charge in [-0.15, -0.1) is 0 Å². The van der Waals surface area contributed by atoms with E-state index in [1.165, 1.54) is 11.1 Å². The number of amides is 1. The van der Waals surface area contributed by atoms with Crippen LogP contribution in [0.25, 0.3) is 11.1 Å². The highest BCUT2D eigenvalue weighted by Gasteiger charge is 2.44. The molecule has 2 unspecified atom stereocenters. The lowest BCUT2D eigenvalue weighted by atomic mass is 10.0. The van der Waals surface area contributed by atoms with Crippen LogP contribution in [0.1, 0.15) is 23.6 Å². The molecule has 28 heavy (non-hydrogen) atoms. The molecule has 0 spiro atoms. The molecule has 1 heterocycles. The first-order valence-electron chi connectivity index (χ1n) is 9.66. The first kappa shape index (κ1) is 18.4.